The van der Waals surface area contributed by atoms with Crippen LogP contribution in [0, 0.1) is 0 Å². The van der Waals surface area contributed by atoms with Gasteiger partial charge in [0.15, 0.2) is 6.10 Å². The van der Waals surface area contributed by atoms with E-state index in [2.05, 4.69) is 81.5 Å². The van der Waals surface area contributed by atoms with Gasteiger partial charge in [-0.25, -0.2) is 0 Å². The Morgan fingerprint density at radius 2 is 0.667 bits per heavy atom. The summed E-state index contributed by atoms with van der Waals surface area (Å²) in [5, 5.41) is 0. The van der Waals surface area contributed by atoms with Crippen molar-refractivity contribution in [2.24, 2.45) is 0 Å². The molecule has 0 radical (unpaired) electrons. The predicted molar refractivity (Wildman–Crippen MR) is 283 cm³/mol. The van der Waals surface area contributed by atoms with Crippen LogP contribution in [0.15, 0.2) is 134 Å². The fourth-order valence-electron chi connectivity index (χ4n) is 6.61. The Balaban J connectivity index is 4.60. The van der Waals surface area contributed by atoms with Crippen LogP contribution in [0.3, 0.4) is 0 Å². The molecule has 0 heterocycles. The average molecular weight is 911 g/mol. The molecule has 0 aromatic heterocycles. The summed E-state index contributed by atoms with van der Waals surface area (Å²) >= 11 is 0. The van der Waals surface area contributed by atoms with Crippen LogP contribution >= 0.6 is 0 Å². The Morgan fingerprint density at radius 1 is 0.333 bits per heavy atom. The van der Waals surface area contributed by atoms with E-state index in [1.165, 1.54) is 77.0 Å². The summed E-state index contributed by atoms with van der Waals surface area (Å²) in [6, 6.07) is 0. The Bertz CT molecular complexity index is 1460. The zero-order valence-corrected chi connectivity index (χ0v) is 42.1. The van der Waals surface area contributed by atoms with Crippen LogP contribution < -0.4 is 0 Å². The topological polar surface area (TPSA) is 78.9 Å². The summed E-state index contributed by atoms with van der Waals surface area (Å²) in [5.41, 5.74) is 0. The standard InChI is InChI=1S/C60H94O6/c1-4-7-10-13-16-19-22-25-27-29-30-32-33-35-38-41-44-47-50-53-59(62)65-56-57(55-64-58(61)52-49-46-43-40-37-24-21-18-15-12-9-6-3)66-60(63)54-51-48-45-42-39-36-34-31-28-26-23-20-17-14-11-8-5-2/h7,10,13,16,18-19,21-22,25-30,32-36,38,42,45,57H,4-6,8-9,11-12,14-15,17,20,23-24,31,37,39-41,43-44,46-56H2,1-3H3/b10-7-,16-13-,21-18-,22-19-,27-25-,28-26-,30-29+,33-32-,36-34-,38-35-,45-42-. The van der Waals surface area contributed by atoms with Crippen LogP contribution in [0.5, 0.6) is 0 Å². The number of carbonyl (C=O) groups is 3. The van der Waals surface area contributed by atoms with E-state index < -0.39 is 6.10 Å². The molecule has 66 heavy (non-hydrogen) atoms. The zero-order chi connectivity index (χ0) is 47.9. The Labute approximate surface area is 405 Å². The van der Waals surface area contributed by atoms with Crippen molar-refractivity contribution in [2.75, 3.05) is 13.2 Å². The van der Waals surface area contributed by atoms with Crippen LogP contribution in [-0.4, -0.2) is 37.2 Å². The molecule has 0 saturated heterocycles. The molecule has 370 valence electrons. The fraction of sp³-hybridized carbons (Fsp3) is 0.583. The lowest BCUT2D eigenvalue weighted by molar-refractivity contribution is -0.167. The van der Waals surface area contributed by atoms with E-state index in [0.29, 0.717) is 19.3 Å². The molecule has 0 saturated carbocycles. The Morgan fingerprint density at radius 3 is 1.17 bits per heavy atom. The number of rotatable bonds is 45. The van der Waals surface area contributed by atoms with E-state index in [9.17, 15) is 14.4 Å². The predicted octanol–water partition coefficient (Wildman–Crippen LogP) is 17.5. The first-order valence-corrected chi connectivity index (χ1v) is 26.3. The Kier molecular flexibility index (Phi) is 49.6. The van der Waals surface area contributed by atoms with Gasteiger partial charge in [-0.15, -0.1) is 0 Å². The fourth-order valence-corrected chi connectivity index (χ4v) is 6.61. The number of unbranched alkanes of at least 4 members (excludes halogenated alkanes) is 18. The molecular weight excluding hydrogens is 817 g/mol. The molecule has 0 aromatic rings. The highest BCUT2D eigenvalue weighted by molar-refractivity contribution is 5.71. The lowest BCUT2D eigenvalue weighted by atomic mass is 10.1. The quantitative estimate of drug-likeness (QED) is 0.0199. The molecule has 0 bridgehead atoms. The average Bonchev–Trinajstić information content (AvgIpc) is 3.31. The summed E-state index contributed by atoms with van der Waals surface area (Å²) in [4.78, 5) is 38.0. The van der Waals surface area contributed by atoms with Gasteiger partial charge in [0.25, 0.3) is 0 Å². The minimum absolute atomic E-state index is 0.122. The normalized spacial score (nSPS) is 13.2. The summed E-state index contributed by atoms with van der Waals surface area (Å²) in [7, 11) is 0. The van der Waals surface area contributed by atoms with Crippen molar-refractivity contribution in [1.82, 2.24) is 0 Å². The highest BCUT2D eigenvalue weighted by Crippen LogP contribution is 2.12. The Hall–Kier alpha value is -4.45. The first kappa shape index (κ1) is 61.5. The SMILES string of the molecule is CC\C=C/C=C\C=C/C=C\C=C\C=C/C=C\CCCCCC(=O)OCC(COC(=O)CCCCCCC/C=C\CCCCC)OC(=O)CCC/C=C\C/C=C\C/C=C\CCCCCCCC. The molecular formula is C60H94O6. The molecule has 0 amide bonds. The van der Waals surface area contributed by atoms with E-state index in [1.54, 1.807) is 0 Å². The van der Waals surface area contributed by atoms with Crippen molar-refractivity contribution in [3.63, 3.8) is 0 Å². The van der Waals surface area contributed by atoms with Gasteiger partial charge in [-0.2, -0.15) is 0 Å². The summed E-state index contributed by atoms with van der Waals surface area (Å²) < 4.78 is 16.7. The molecule has 6 heteroatoms. The zero-order valence-electron chi connectivity index (χ0n) is 42.1. The van der Waals surface area contributed by atoms with Crippen LogP contribution in [0.1, 0.15) is 207 Å². The van der Waals surface area contributed by atoms with Gasteiger partial charge >= 0.3 is 17.9 Å². The highest BCUT2D eigenvalue weighted by Gasteiger charge is 2.19. The van der Waals surface area contributed by atoms with Crippen LogP contribution in [0.2, 0.25) is 0 Å². The first-order chi connectivity index (χ1) is 32.5. The van der Waals surface area contributed by atoms with Crippen molar-refractivity contribution >= 4 is 17.9 Å². The maximum atomic E-state index is 12.8. The monoisotopic (exact) mass is 911 g/mol. The van der Waals surface area contributed by atoms with E-state index >= 15 is 0 Å². The van der Waals surface area contributed by atoms with Crippen LogP contribution in [0.25, 0.3) is 0 Å². The van der Waals surface area contributed by atoms with Gasteiger partial charge in [-0.05, 0) is 96.3 Å². The number of ether oxygens (including phenoxy) is 3. The summed E-state index contributed by atoms with van der Waals surface area (Å²) in [6.45, 7) is 6.35. The summed E-state index contributed by atoms with van der Waals surface area (Å²) in [6.07, 6.45) is 74.3. The third-order valence-electron chi connectivity index (χ3n) is 10.6. The maximum absolute atomic E-state index is 12.8. The lowest BCUT2D eigenvalue weighted by Gasteiger charge is -2.18. The van der Waals surface area contributed by atoms with Gasteiger partial charge in [0, 0.05) is 19.3 Å². The van der Waals surface area contributed by atoms with E-state index in [1.807, 2.05) is 72.9 Å². The maximum Gasteiger partial charge on any atom is 0.306 e. The molecule has 0 aromatic carbocycles. The molecule has 0 N–H and O–H groups in total. The second kappa shape index (κ2) is 53.2. The van der Waals surface area contributed by atoms with E-state index in [-0.39, 0.29) is 44.0 Å². The molecule has 0 aliphatic rings. The second-order valence-electron chi connectivity index (χ2n) is 16.9. The molecule has 1 unspecified atom stereocenters. The van der Waals surface area contributed by atoms with Crippen molar-refractivity contribution in [1.29, 1.82) is 0 Å². The molecule has 6 nitrogen and oxygen atoms in total. The molecule has 0 fully saturated rings. The van der Waals surface area contributed by atoms with Crippen molar-refractivity contribution in [3.05, 3.63) is 134 Å². The second-order valence-corrected chi connectivity index (χ2v) is 16.9. The smallest absolute Gasteiger partial charge is 0.306 e. The molecule has 0 rings (SSSR count). The largest absolute Gasteiger partial charge is 0.462 e. The number of hydrogen-bond donors (Lipinski definition) is 0. The third kappa shape index (κ3) is 50.5. The number of allylic oxidation sites excluding steroid dienone is 22. The number of esters is 3. The van der Waals surface area contributed by atoms with Crippen molar-refractivity contribution < 1.29 is 28.6 Å². The van der Waals surface area contributed by atoms with Gasteiger partial charge in [0.2, 0.25) is 0 Å². The van der Waals surface area contributed by atoms with Crippen LogP contribution in [0.4, 0.5) is 0 Å². The van der Waals surface area contributed by atoms with E-state index in [0.717, 1.165) is 77.0 Å². The minimum atomic E-state index is -0.831. The van der Waals surface area contributed by atoms with Gasteiger partial charge < -0.3 is 14.2 Å². The third-order valence-corrected chi connectivity index (χ3v) is 10.6. The van der Waals surface area contributed by atoms with Gasteiger partial charge in [-0.3, -0.25) is 14.4 Å². The van der Waals surface area contributed by atoms with E-state index in [4.69, 9.17) is 14.2 Å². The molecule has 0 aliphatic carbocycles. The minimum Gasteiger partial charge on any atom is -0.462 e. The lowest BCUT2D eigenvalue weighted by Crippen LogP contribution is -2.30. The number of hydrogen-bond acceptors (Lipinski definition) is 6. The first-order valence-electron chi connectivity index (χ1n) is 26.3. The number of carbonyl (C=O) groups excluding carboxylic acids is 3. The van der Waals surface area contributed by atoms with Gasteiger partial charge in [0.1, 0.15) is 13.2 Å². The molecule has 0 aliphatic heterocycles. The summed E-state index contributed by atoms with van der Waals surface area (Å²) in [5.74, 6) is -1.04. The molecule has 0 spiro atoms. The highest BCUT2D eigenvalue weighted by atomic mass is 16.6. The van der Waals surface area contributed by atoms with Gasteiger partial charge in [-0.1, -0.05) is 225 Å². The van der Waals surface area contributed by atoms with Crippen LogP contribution in [-0.2, 0) is 28.6 Å². The van der Waals surface area contributed by atoms with Crippen molar-refractivity contribution in [3.8, 4) is 0 Å². The molecule has 1 atom stereocenters. The van der Waals surface area contributed by atoms with Gasteiger partial charge in [0.05, 0.1) is 0 Å². The van der Waals surface area contributed by atoms with Crippen molar-refractivity contribution in [2.45, 2.75) is 213 Å².